The number of nitro benzene ring substituents is 1. The molecule has 2 aromatic rings. The molecule has 0 aliphatic heterocycles. The molecule has 0 saturated carbocycles. The summed E-state index contributed by atoms with van der Waals surface area (Å²) in [6, 6.07) is 9.55. The lowest BCUT2D eigenvalue weighted by molar-refractivity contribution is -0.385. The van der Waals surface area contributed by atoms with Gasteiger partial charge in [-0.25, -0.2) is 5.43 Å². The summed E-state index contributed by atoms with van der Waals surface area (Å²) in [5.74, 6) is 0.499. The van der Waals surface area contributed by atoms with Gasteiger partial charge in [-0.15, -0.1) is 0 Å². The second-order valence-corrected chi connectivity index (χ2v) is 6.00. The molecule has 0 aromatic heterocycles. The first-order valence-electron chi connectivity index (χ1n) is 7.42. The van der Waals surface area contributed by atoms with Crippen molar-refractivity contribution in [2.24, 2.45) is 5.10 Å². The molecule has 0 bridgehead atoms. The summed E-state index contributed by atoms with van der Waals surface area (Å²) in [4.78, 5) is 22.5. The molecule has 0 spiro atoms. The van der Waals surface area contributed by atoms with E-state index in [2.05, 4.69) is 26.5 Å². The Morgan fingerprint density at radius 3 is 2.69 bits per heavy atom. The zero-order chi connectivity index (χ0) is 19.1. The van der Waals surface area contributed by atoms with Gasteiger partial charge in [-0.2, -0.15) is 5.10 Å². The van der Waals surface area contributed by atoms with Crippen molar-refractivity contribution < 1.29 is 19.2 Å². The number of carbonyl (C=O) groups is 1. The predicted molar refractivity (Wildman–Crippen MR) is 99.8 cm³/mol. The molecule has 8 nitrogen and oxygen atoms in total. The standard InChI is InChI=1S/C17H16BrN3O5/c1-25-15-9-13(18)7-12(17(15)26-2)10-19-20-16(22)8-11-5-3-4-6-14(11)21(23)24/h3-7,9-10H,8H2,1-2H3,(H,20,22). The number of para-hydroxylation sites is 1. The number of hydrazone groups is 1. The number of benzene rings is 2. The third-order valence-corrected chi connectivity index (χ3v) is 3.86. The average Bonchev–Trinajstić information content (AvgIpc) is 2.61. The Labute approximate surface area is 158 Å². The highest BCUT2D eigenvalue weighted by Crippen LogP contribution is 2.33. The number of carbonyl (C=O) groups excluding carboxylic acids is 1. The van der Waals surface area contributed by atoms with Crippen LogP contribution in [0.15, 0.2) is 46.0 Å². The van der Waals surface area contributed by atoms with Crippen molar-refractivity contribution in [1.29, 1.82) is 0 Å². The largest absolute Gasteiger partial charge is 0.493 e. The van der Waals surface area contributed by atoms with E-state index in [0.29, 0.717) is 22.6 Å². The summed E-state index contributed by atoms with van der Waals surface area (Å²) in [5.41, 5.74) is 3.14. The van der Waals surface area contributed by atoms with Crippen molar-refractivity contribution in [1.82, 2.24) is 5.43 Å². The molecule has 0 radical (unpaired) electrons. The highest BCUT2D eigenvalue weighted by Gasteiger charge is 2.15. The number of nitrogens with one attached hydrogen (secondary N) is 1. The Bertz CT molecular complexity index is 854. The summed E-state index contributed by atoms with van der Waals surface area (Å²) in [6.45, 7) is 0. The number of halogens is 1. The van der Waals surface area contributed by atoms with Gasteiger partial charge in [-0.1, -0.05) is 34.1 Å². The second kappa shape index (κ2) is 8.95. The molecule has 0 atom stereocenters. The first-order valence-corrected chi connectivity index (χ1v) is 8.21. The van der Waals surface area contributed by atoms with E-state index in [1.54, 1.807) is 24.3 Å². The van der Waals surface area contributed by atoms with Crippen molar-refractivity contribution in [3.8, 4) is 11.5 Å². The van der Waals surface area contributed by atoms with Crippen LogP contribution in [0.3, 0.4) is 0 Å². The smallest absolute Gasteiger partial charge is 0.273 e. The monoisotopic (exact) mass is 421 g/mol. The molecular weight excluding hydrogens is 406 g/mol. The molecule has 2 rings (SSSR count). The van der Waals surface area contributed by atoms with Crippen LogP contribution in [0, 0.1) is 10.1 Å². The normalized spacial score (nSPS) is 10.6. The maximum Gasteiger partial charge on any atom is 0.273 e. The van der Waals surface area contributed by atoms with Gasteiger partial charge in [-0.05, 0) is 12.1 Å². The highest BCUT2D eigenvalue weighted by atomic mass is 79.9. The molecule has 0 saturated heterocycles. The van der Waals surface area contributed by atoms with Gasteiger partial charge in [0.2, 0.25) is 5.91 Å². The lowest BCUT2D eigenvalue weighted by Crippen LogP contribution is -2.20. The minimum absolute atomic E-state index is 0.106. The van der Waals surface area contributed by atoms with Gasteiger partial charge in [-0.3, -0.25) is 14.9 Å². The summed E-state index contributed by atoms with van der Waals surface area (Å²) in [5, 5.41) is 14.9. The van der Waals surface area contributed by atoms with E-state index in [4.69, 9.17) is 9.47 Å². The molecule has 1 amide bonds. The van der Waals surface area contributed by atoms with Gasteiger partial charge in [0.25, 0.3) is 5.69 Å². The van der Waals surface area contributed by atoms with Gasteiger partial charge in [0, 0.05) is 21.7 Å². The molecule has 9 heteroatoms. The Morgan fingerprint density at radius 1 is 1.31 bits per heavy atom. The van der Waals surface area contributed by atoms with E-state index in [9.17, 15) is 14.9 Å². The average molecular weight is 422 g/mol. The van der Waals surface area contributed by atoms with E-state index in [0.717, 1.165) is 4.47 Å². The molecule has 0 aliphatic rings. The lowest BCUT2D eigenvalue weighted by Gasteiger charge is -2.10. The predicted octanol–water partition coefficient (Wildman–Crippen LogP) is 3.07. The van der Waals surface area contributed by atoms with Crippen LogP contribution in [0.4, 0.5) is 5.69 Å². The number of nitro groups is 1. The third-order valence-electron chi connectivity index (χ3n) is 3.40. The molecule has 0 unspecified atom stereocenters. The molecule has 136 valence electrons. The molecular formula is C17H16BrN3O5. The number of methoxy groups -OCH3 is 2. The van der Waals surface area contributed by atoms with Crippen molar-refractivity contribution in [2.75, 3.05) is 14.2 Å². The van der Waals surface area contributed by atoms with Crippen LogP contribution in [0.2, 0.25) is 0 Å². The summed E-state index contributed by atoms with van der Waals surface area (Å²) >= 11 is 3.36. The first kappa shape index (κ1) is 19.4. The minimum Gasteiger partial charge on any atom is -0.493 e. The van der Waals surface area contributed by atoms with Crippen LogP contribution >= 0.6 is 15.9 Å². The highest BCUT2D eigenvalue weighted by molar-refractivity contribution is 9.10. The Balaban J connectivity index is 2.11. The van der Waals surface area contributed by atoms with Crippen molar-refractivity contribution >= 4 is 33.7 Å². The van der Waals surface area contributed by atoms with Crippen LogP contribution in [-0.2, 0) is 11.2 Å². The SMILES string of the molecule is COc1cc(Br)cc(C=NNC(=O)Cc2ccccc2[N+](=O)[O-])c1OC. The van der Waals surface area contributed by atoms with Crippen LogP contribution in [0.5, 0.6) is 11.5 Å². The lowest BCUT2D eigenvalue weighted by atomic mass is 10.1. The van der Waals surface area contributed by atoms with E-state index < -0.39 is 10.8 Å². The maximum atomic E-state index is 12.0. The van der Waals surface area contributed by atoms with Gasteiger partial charge in [0.15, 0.2) is 11.5 Å². The Kier molecular flexibility index (Phi) is 6.67. The Morgan fingerprint density at radius 2 is 2.04 bits per heavy atom. The molecule has 0 aliphatic carbocycles. The van der Waals surface area contributed by atoms with Gasteiger partial charge in [0.05, 0.1) is 31.8 Å². The summed E-state index contributed by atoms with van der Waals surface area (Å²) in [7, 11) is 3.01. The van der Waals surface area contributed by atoms with Gasteiger partial charge in [0.1, 0.15) is 0 Å². The van der Waals surface area contributed by atoms with E-state index in [1.807, 2.05) is 0 Å². The number of hydrogen-bond donors (Lipinski definition) is 1. The fourth-order valence-electron chi connectivity index (χ4n) is 2.28. The quantitative estimate of drug-likeness (QED) is 0.420. The number of amides is 1. The van der Waals surface area contributed by atoms with E-state index in [1.165, 1.54) is 32.6 Å². The molecule has 0 heterocycles. The molecule has 26 heavy (non-hydrogen) atoms. The molecule has 1 N–H and O–H groups in total. The Hall–Kier alpha value is -2.94. The topological polar surface area (TPSA) is 103 Å². The minimum atomic E-state index is -0.523. The van der Waals surface area contributed by atoms with Crippen LogP contribution in [0.25, 0.3) is 0 Å². The fraction of sp³-hybridized carbons (Fsp3) is 0.176. The van der Waals surface area contributed by atoms with Crippen LogP contribution in [0.1, 0.15) is 11.1 Å². The van der Waals surface area contributed by atoms with Crippen molar-refractivity contribution in [3.05, 3.63) is 62.1 Å². The molecule has 0 fully saturated rings. The first-order chi connectivity index (χ1) is 12.5. The van der Waals surface area contributed by atoms with Crippen LogP contribution in [-0.4, -0.2) is 31.3 Å². The van der Waals surface area contributed by atoms with Gasteiger partial charge < -0.3 is 9.47 Å². The number of nitrogens with zero attached hydrogens (tertiary/aromatic N) is 2. The summed E-state index contributed by atoms with van der Waals surface area (Å²) in [6.07, 6.45) is 1.25. The third kappa shape index (κ3) is 4.79. The van der Waals surface area contributed by atoms with Crippen molar-refractivity contribution in [3.63, 3.8) is 0 Å². The van der Waals surface area contributed by atoms with E-state index >= 15 is 0 Å². The fourth-order valence-corrected chi connectivity index (χ4v) is 2.73. The second-order valence-electron chi connectivity index (χ2n) is 5.09. The molecule has 2 aromatic carbocycles. The summed E-state index contributed by atoms with van der Waals surface area (Å²) < 4.78 is 11.3. The van der Waals surface area contributed by atoms with Crippen LogP contribution < -0.4 is 14.9 Å². The van der Waals surface area contributed by atoms with Crippen molar-refractivity contribution in [2.45, 2.75) is 6.42 Å². The van der Waals surface area contributed by atoms with E-state index in [-0.39, 0.29) is 12.1 Å². The number of rotatable bonds is 7. The number of ether oxygens (including phenoxy) is 2. The number of hydrogen-bond acceptors (Lipinski definition) is 6. The zero-order valence-electron chi connectivity index (χ0n) is 14.1. The zero-order valence-corrected chi connectivity index (χ0v) is 15.6. The maximum absolute atomic E-state index is 12.0. The van der Waals surface area contributed by atoms with Gasteiger partial charge >= 0.3 is 0 Å².